The fraction of sp³-hybridized carbons (Fsp3) is 0.467. The Morgan fingerprint density at radius 2 is 2.05 bits per heavy atom. The summed E-state index contributed by atoms with van der Waals surface area (Å²) >= 11 is 0. The molecule has 1 rings (SSSR count). The van der Waals surface area contributed by atoms with Crippen molar-refractivity contribution in [3.05, 3.63) is 30.1 Å². The van der Waals surface area contributed by atoms with Crippen LogP contribution in [0, 0.1) is 11.7 Å². The molecule has 0 saturated carbocycles. The number of amides is 2. The Bertz CT molecular complexity index is 519. The molecule has 1 aromatic rings. The van der Waals surface area contributed by atoms with Gasteiger partial charge in [0.05, 0.1) is 6.54 Å². The Labute approximate surface area is 124 Å². The first-order chi connectivity index (χ1) is 9.81. The van der Waals surface area contributed by atoms with Gasteiger partial charge in [-0.2, -0.15) is 0 Å². The summed E-state index contributed by atoms with van der Waals surface area (Å²) in [7, 11) is 0. The zero-order valence-electron chi connectivity index (χ0n) is 12.6. The third kappa shape index (κ3) is 4.26. The molecular weight excluding hydrogens is 273 g/mol. The van der Waals surface area contributed by atoms with Crippen molar-refractivity contribution in [1.82, 2.24) is 5.32 Å². The summed E-state index contributed by atoms with van der Waals surface area (Å²) in [6, 6.07) is 5.61. The maximum absolute atomic E-state index is 13.0. The fourth-order valence-corrected chi connectivity index (χ4v) is 2.29. The number of hydrogen-bond donors (Lipinski definition) is 3. The lowest BCUT2D eigenvalue weighted by molar-refractivity contribution is -0.126. The number of carbonyl (C=O) groups is 2. The van der Waals surface area contributed by atoms with Crippen LogP contribution in [0.3, 0.4) is 0 Å². The van der Waals surface area contributed by atoms with Gasteiger partial charge in [0.15, 0.2) is 0 Å². The smallest absolute Gasteiger partial charge is 0.238 e. The van der Waals surface area contributed by atoms with Gasteiger partial charge in [0.25, 0.3) is 0 Å². The van der Waals surface area contributed by atoms with Gasteiger partial charge in [-0.15, -0.1) is 0 Å². The first kappa shape index (κ1) is 17.1. The largest absolute Gasteiger partial charge is 0.368 e. The van der Waals surface area contributed by atoms with E-state index >= 15 is 0 Å². The molecule has 0 heterocycles. The third-order valence-electron chi connectivity index (χ3n) is 3.66. The van der Waals surface area contributed by atoms with Crippen molar-refractivity contribution >= 4 is 17.5 Å². The monoisotopic (exact) mass is 295 g/mol. The summed E-state index contributed by atoms with van der Waals surface area (Å²) < 4.78 is 13.0. The minimum atomic E-state index is -0.931. The number of benzene rings is 1. The second-order valence-corrected chi connectivity index (χ2v) is 5.26. The lowest BCUT2D eigenvalue weighted by Crippen LogP contribution is -2.60. The number of carbonyl (C=O) groups excluding carboxylic acids is 2. The SMILES string of the molecule is CC[C@@](NCC(=O)Nc1cccc(F)c1)(C(N)=O)C(C)C. The predicted molar refractivity (Wildman–Crippen MR) is 80.1 cm³/mol. The molecule has 116 valence electrons. The van der Waals surface area contributed by atoms with Crippen molar-refractivity contribution < 1.29 is 14.0 Å². The summed E-state index contributed by atoms with van der Waals surface area (Å²) in [5.41, 5.74) is 4.90. The number of rotatable bonds is 7. The standard InChI is InChI=1S/C15H22FN3O2/c1-4-15(10(2)3,14(17)21)18-9-13(20)19-12-7-5-6-11(16)8-12/h5-8,10,18H,4,9H2,1-3H3,(H2,17,21)(H,19,20)/t15-/m0/s1. The highest BCUT2D eigenvalue weighted by Gasteiger charge is 2.37. The van der Waals surface area contributed by atoms with Crippen molar-refractivity contribution in [3.8, 4) is 0 Å². The van der Waals surface area contributed by atoms with E-state index in [0.717, 1.165) is 0 Å². The van der Waals surface area contributed by atoms with Crippen LogP contribution in [0.1, 0.15) is 27.2 Å². The number of nitrogens with one attached hydrogen (secondary N) is 2. The molecule has 0 aliphatic rings. The van der Waals surface area contributed by atoms with E-state index in [4.69, 9.17) is 5.73 Å². The molecule has 0 saturated heterocycles. The minimum absolute atomic E-state index is 0.0537. The minimum Gasteiger partial charge on any atom is -0.368 e. The third-order valence-corrected chi connectivity index (χ3v) is 3.66. The van der Waals surface area contributed by atoms with Crippen molar-refractivity contribution in [2.24, 2.45) is 11.7 Å². The topological polar surface area (TPSA) is 84.2 Å². The van der Waals surface area contributed by atoms with E-state index in [1.165, 1.54) is 18.2 Å². The highest BCUT2D eigenvalue weighted by atomic mass is 19.1. The zero-order chi connectivity index (χ0) is 16.0. The molecule has 21 heavy (non-hydrogen) atoms. The Kier molecular flexibility index (Phi) is 5.84. The molecule has 0 aliphatic carbocycles. The highest BCUT2D eigenvalue weighted by Crippen LogP contribution is 2.20. The average Bonchev–Trinajstić information content (AvgIpc) is 2.39. The zero-order valence-corrected chi connectivity index (χ0v) is 12.6. The van der Waals surface area contributed by atoms with E-state index in [2.05, 4.69) is 10.6 Å². The summed E-state index contributed by atoms with van der Waals surface area (Å²) in [5.74, 6) is -1.33. The average molecular weight is 295 g/mol. The Morgan fingerprint density at radius 3 is 2.52 bits per heavy atom. The van der Waals surface area contributed by atoms with Crippen LogP contribution in [-0.4, -0.2) is 23.9 Å². The number of nitrogens with two attached hydrogens (primary N) is 1. The maximum atomic E-state index is 13.0. The Morgan fingerprint density at radius 1 is 1.38 bits per heavy atom. The molecular formula is C15H22FN3O2. The van der Waals surface area contributed by atoms with Gasteiger partial charge >= 0.3 is 0 Å². The molecule has 0 fully saturated rings. The predicted octanol–water partition coefficient (Wildman–Crippen LogP) is 1.64. The van der Waals surface area contributed by atoms with Crippen LogP contribution in [0.15, 0.2) is 24.3 Å². The number of halogens is 1. The van der Waals surface area contributed by atoms with Crippen LogP contribution in [0.5, 0.6) is 0 Å². The first-order valence-electron chi connectivity index (χ1n) is 6.92. The molecule has 0 radical (unpaired) electrons. The van der Waals surface area contributed by atoms with Gasteiger partial charge in [-0.05, 0) is 30.5 Å². The number of anilines is 1. The van der Waals surface area contributed by atoms with Gasteiger partial charge in [-0.3, -0.25) is 14.9 Å². The first-order valence-corrected chi connectivity index (χ1v) is 6.92. The second kappa shape index (κ2) is 7.17. The molecule has 4 N–H and O–H groups in total. The summed E-state index contributed by atoms with van der Waals surface area (Å²) in [5, 5.41) is 5.50. The number of primary amides is 1. The molecule has 1 atom stereocenters. The van der Waals surface area contributed by atoms with E-state index in [9.17, 15) is 14.0 Å². The van der Waals surface area contributed by atoms with E-state index in [1.54, 1.807) is 6.07 Å². The molecule has 2 amide bonds. The summed E-state index contributed by atoms with van der Waals surface area (Å²) in [6.45, 7) is 5.49. The molecule has 1 aromatic carbocycles. The van der Waals surface area contributed by atoms with Crippen molar-refractivity contribution in [2.45, 2.75) is 32.7 Å². The van der Waals surface area contributed by atoms with Crippen molar-refractivity contribution in [1.29, 1.82) is 0 Å². The van der Waals surface area contributed by atoms with Gasteiger partial charge in [-0.25, -0.2) is 4.39 Å². The highest BCUT2D eigenvalue weighted by molar-refractivity contribution is 5.93. The van der Waals surface area contributed by atoms with Crippen LogP contribution in [0.25, 0.3) is 0 Å². The lowest BCUT2D eigenvalue weighted by Gasteiger charge is -2.34. The van der Waals surface area contributed by atoms with E-state index in [-0.39, 0.29) is 18.4 Å². The normalized spacial score (nSPS) is 13.8. The number of hydrogen-bond acceptors (Lipinski definition) is 3. The molecule has 0 spiro atoms. The Balaban J connectivity index is 2.68. The lowest BCUT2D eigenvalue weighted by atomic mass is 9.83. The molecule has 0 aliphatic heterocycles. The summed E-state index contributed by atoms with van der Waals surface area (Å²) in [6.07, 6.45) is 0.479. The van der Waals surface area contributed by atoms with Gasteiger partial charge < -0.3 is 11.1 Å². The summed E-state index contributed by atoms with van der Waals surface area (Å²) in [4.78, 5) is 23.6. The van der Waals surface area contributed by atoms with Crippen molar-refractivity contribution in [2.75, 3.05) is 11.9 Å². The molecule has 5 nitrogen and oxygen atoms in total. The van der Waals surface area contributed by atoms with Gasteiger partial charge in [0.2, 0.25) is 11.8 Å². The van der Waals surface area contributed by atoms with Crippen LogP contribution >= 0.6 is 0 Å². The molecule has 0 bridgehead atoms. The maximum Gasteiger partial charge on any atom is 0.238 e. The molecule has 0 aromatic heterocycles. The van der Waals surface area contributed by atoms with Crippen LogP contribution in [0.2, 0.25) is 0 Å². The molecule has 6 heteroatoms. The van der Waals surface area contributed by atoms with Crippen LogP contribution in [-0.2, 0) is 9.59 Å². The van der Waals surface area contributed by atoms with Crippen molar-refractivity contribution in [3.63, 3.8) is 0 Å². The quantitative estimate of drug-likeness (QED) is 0.715. The van der Waals surface area contributed by atoms with Crippen LogP contribution < -0.4 is 16.4 Å². The fourth-order valence-electron chi connectivity index (χ4n) is 2.29. The van der Waals surface area contributed by atoms with Crippen LogP contribution in [0.4, 0.5) is 10.1 Å². The van der Waals surface area contributed by atoms with Gasteiger partial charge in [-0.1, -0.05) is 26.8 Å². The van der Waals surface area contributed by atoms with Gasteiger partial charge in [0, 0.05) is 5.69 Å². The molecule has 0 unspecified atom stereocenters. The van der Waals surface area contributed by atoms with E-state index < -0.39 is 17.3 Å². The van der Waals surface area contributed by atoms with Gasteiger partial charge in [0.1, 0.15) is 11.4 Å². The van der Waals surface area contributed by atoms with E-state index in [1.807, 2.05) is 20.8 Å². The van der Waals surface area contributed by atoms with E-state index in [0.29, 0.717) is 12.1 Å². The second-order valence-electron chi connectivity index (χ2n) is 5.26. The Hall–Kier alpha value is -1.95.